The SMILES string of the molecule is CC(C)(C)[Si](C)(C)OCc1ncc(-c2cccc3c2CN(C2CCC(=O)NC2=O)C3=O)o1. The molecule has 2 aliphatic heterocycles. The lowest BCUT2D eigenvalue weighted by molar-refractivity contribution is -0.136. The number of oxazole rings is 1. The second-order valence-electron chi connectivity index (χ2n) is 9.90. The molecule has 1 atom stereocenters. The van der Waals surface area contributed by atoms with Crippen molar-refractivity contribution < 1.29 is 23.2 Å². The van der Waals surface area contributed by atoms with Gasteiger partial charge in [0.15, 0.2) is 14.1 Å². The van der Waals surface area contributed by atoms with Gasteiger partial charge in [-0.3, -0.25) is 19.7 Å². The number of imide groups is 1. The fourth-order valence-electron chi connectivity index (χ4n) is 3.78. The van der Waals surface area contributed by atoms with Crippen molar-refractivity contribution in [2.24, 2.45) is 0 Å². The van der Waals surface area contributed by atoms with E-state index in [1.165, 1.54) is 4.90 Å². The Labute approximate surface area is 188 Å². The highest BCUT2D eigenvalue weighted by atomic mass is 28.4. The van der Waals surface area contributed by atoms with Crippen molar-refractivity contribution >= 4 is 26.0 Å². The first kappa shape index (κ1) is 22.4. The van der Waals surface area contributed by atoms with E-state index in [0.29, 0.717) is 30.2 Å². The summed E-state index contributed by atoms with van der Waals surface area (Å²) in [5.74, 6) is 0.124. The summed E-state index contributed by atoms with van der Waals surface area (Å²) in [6.07, 6.45) is 2.21. The molecule has 0 radical (unpaired) electrons. The maximum atomic E-state index is 13.0. The van der Waals surface area contributed by atoms with Gasteiger partial charge >= 0.3 is 0 Å². The van der Waals surface area contributed by atoms with Crippen LogP contribution in [0.2, 0.25) is 18.1 Å². The lowest BCUT2D eigenvalue weighted by atomic mass is 10.0. The molecule has 4 rings (SSSR count). The van der Waals surface area contributed by atoms with Crippen molar-refractivity contribution in [3.8, 4) is 11.3 Å². The Balaban J connectivity index is 1.55. The number of hydrogen-bond donors (Lipinski definition) is 1. The molecule has 1 aromatic carbocycles. The summed E-state index contributed by atoms with van der Waals surface area (Å²) < 4.78 is 12.2. The lowest BCUT2D eigenvalue weighted by Gasteiger charge is -2.35. The molecule has 0 aliphatic carbocycles. The minimum atomic E-state index is -1.94. The molecule has 1 aromatic heterocycles. The molecule has 3 amide bonds. The van der Waals surface area contributed by atoms with E-state index >= 15 is 0 Å². The third kappa shape index (κ3) is 4.02. The molecule has 0 spiro atoms. The summed E-state index contributed by atoms with van der Waals surface area (Å²) in [5, 5.41) is 2.41. The Kier molecular flexibility index (Phi) is 5.58. The van der Waals surface area contributed by atoms with Gasteiger partial charge in [-0.1, -0.05) is 32.9 Å². The van der Waals surface area contributed by atoms with Crippen LogP contribution in [0, 0.1) is 0 Å². The number of fused-ring (bicyclic) bond motifs is 1. The summed E-state index contributed by atoms with van der Waals surface area (Å²) in [5.41, 5.74) is 2.12. The van der Waals surface area contributed by atoms with E-state index in [2.05, 4.69) is 44.2 Å². The summed E-state index contributed by atoms with van der Waals surface area (Å²) in [4.78, 5) is 42.7. The van der Waals surface area contributed by atoms with Crippen molar-refractivity contribution in [1.82, 2.24) is 15.2 Å². The van der Waals surface area contributed by atoms with Crippen LogP contribution in [0.25, 0.3) is 11.3 Å². The first-order chi connectivity index (χ1) is 15.0. The highest BCUT2D eigenvalue weighted by molar-refractivity contribution is 6.74. The van der Waals surface area contributed by atoms with Gasteiger partial charge in [-0.05, 0) is 36.2 Å². The molecule has 0 saturated carbocycles. The van der Waals surface area contributed by atoms with Gasteiger partial charge in [0.1, 0.15) is 12.6 Å². The average molecular weight is 456 g/mol. The van der Waals surface area contributed by atoms with Gasteiger partial charge in [0.2, 0.25) is 17.7 Å². The monoisotopic (exact) mass is 455 g/mol. The van der Waals surface area contributed by atoms with Crippen molar-refractivity contribution in [1.29, 1.82) is 0 Å². The Morgan fingerprint density at radius 3 is 2.62 bits per heavy atom. The molecule has 2 aliphatic rings. The van der Waals surface area contributed by atoms with Gasteiger partial charge in [-0.2, -0.15) is 0 Å². The van der Waals surface area contributed by atoms with Gasteiger partial charge in [0.05, 0.1) is 6.20 Å². The number of benzene rings is 1. The number of amides is 3. The highest BCUT2D eigenvalue weighted by Crippen LogP contribution is 2.38. The van der Waals surface area contributed by atoms with E-state index in [9.17, 15) is 14.4 Å². The predicted molar refractivity (Wildman–Crippen MR) is 120 cm³/mol. The average Bonchev–Trinajstić information content (AvgIpc) is 3.31. The first-order valence-electron chi connectivity index (χ1n) is 10.8. The maximum absolute atomic E-state index is 13.0. The zero-order chi connectivity index (χ0) is 23.3. The Morgan fingerprint density at radius 2 is 1.94 bits per heavy atom. The maximum Gasteiger partial charge on any atom is 0.255 e. The van der Waals surface area contributed by atoms with Crippen LogP contribution in [0.4, 0.5) is 0 Å². The molecule has 8 nitrogen and oxygen atoms in total. The van der Waals surface area contributed by atoms with Crippen LogP contribution in [0.15, 0.2) is 28.8 Å². The second kappa shape index (κ2) is 7.97. The minimum absolute atomic E-state index is 0.0858. The van der Waals surface area contributed by atoms with Crippen LogP contribution in [0.3, 0.4) is 0 Å². The Morgan fingerprint density at radius 1 is 1.22 bits per heavy atom. The van der Waals surface area contributed by atoms with Crippen LogP contribution in [-0.4, -0.2) is 42.0 Å². The number of aromatic nitrogens is 1. The van der Waals surface area contributed by atoms with E-state index in [-0.39, 0.29) is 29.8 Å². The van der Waals surface area contributed by atoms with Crippen LogP contribution in [0.5, 0.6) is 0 Å². The summed E-state index contributed by atoms with van der Waals surface area (Å²) >= 11 is 0. The van der Waals surface area contributed by atoms with Crippen LogP contribution < -0.4 is 5.32 Å². The molecular weight excluding hydrogens is 426 g/mol. The van der Waals surface area contributed by atoms with Crippen LogP contribution in [-0.2, 0) is 27.2 Å². The number of carbonyl (C=O) groups is 3. The van der Waals surface area contributed by atoms with E-state index in [1.807, 2.05) is 6.07 Å². The first-order valence-corrected chi connectivity index (χ1v) is 13.7. The van der Waals surface area contributed by atoms with E-state index in [4.69, 9.17) is 8.84 Å². The normalized spacial score (nSPS) is 19.3. The molecule has 170 valence electrons. The Hall–Kier alpha value is -2.78. The molecule has 1 fully saturated rings. The molecule has 1 saturated heterocycles. The molecule has 0 bridgehead atoms. The van der Waals surface area contributed by atoms with E-state index < -0.39 is 20.3 Å². The van der Waals surface area contributed by atoms with Gasteiger partial charge < -0.3 is 13.7 Å². The zero-order valence-electron chi connectivity index (χ0n) is 19.2. The van der Waals surface area contributed by atoms with Crippen molar-refractivity contribution in [2.75, 3.05) is 0 Å². The molecule has 1 N–H and O–H groups in total. The molecule has 32 heavy (non-hydrogen) atoms. The largest absolute Gasteiger partial charge is 0.438 e. The van der Waals surface area contributed by atoms with E-state index in [0.717, 1.165) is 11.1 Å². The zero-order valence-corrected chi connectivity index (χ0v) is 20.2. The number of piperidine rings is 1. The smallest absolute Gasteiger partial charge is 0.255 e. The predicted octanol–water partition coefficient (Wildman–Crippen LogP) is 3.62. The number of hydrogen-bond acceptors (Lipinski definition) is 6. The van der Waals surface area contributed by atoms with Crippen molar-refractivity contribution in [2.45, 2.75) is 70.9 Å². The standard InChI is InChI=1S/C23H29N3O5Si/c1-23(2,3)32(4,5)30-13-20-24-11-18(31-20)14-7-6-8-15-16(14)12-26(22(15)29)17-9-10-19(27)25-21(17)28/h6-8,11,17H,9-10,12-13H2,1-5H3,(H,25,27,28). The van der Waals surface area contributed by atoms with E-state index in [1.54, 1.807) is 18.3 Å². The van der Waals surface area contributed by atoms with Crippen LogP contribution in [0.1, 0.15) is 55.4 Å². The number of nitrogens with zero attached hydrogens (tertiary/aromatic N) is 2. The summed E-state index contributed by atoms with van der Waals surface area (Å²) in [7, 11) is -1.94. The topological polar surface area (TPSA) is 102 Å². The van der Waals surface area contributed by atoms with Crippen LogP contribution >= 0.6 is 0 Å². The van der Waals surface area contributed by atoms with Gasteiger partial charge in [0.25, 0.3) is 5.91 Å². The van der Waals surface area contributed by atoms with Gasteiger partial charge in [-0.15, -0.1) is 0 Å². The molecule has 3 heterocycles. The lowest BCUT2D eigenvalue weighted by Crippen LogP contribution is -2.52. The number of rotatable bonds is 5. The third-order valence-electron chi connectivity index (χ3n) is 6.76. The second-order valence-corrected chi connectivity index (χ2v) is 14.7. The number of carbonyl (C=O) groups excluding carboxylic acids is 3. The van der Waals surface area contributed by atoms with Gasteiger partial charge in [0, 0.05) is 24.1 Å². The Bertz CT molecular complexity index is 1090. The van der Waals surface area contributed by atoms with Gasteiger partial charge in [-0.25, -0.2) is 4.98 Å². The third-order valence-corrected chi connectivity index (χ3v) is 11.2. The van der Waals surface area contributed by atoms with Crippen molar-refractivity contribution in [3.05, 3.63) is 41.4 Å². The van der Waals surface area contributed by atoms with Crippen molar-refractivity contribution in [3.63, 3.8) is 0 Å². The summed E-state index contributed by atoms with van der Waals surface area (Å²) in [6, 6.07) is 4.79. The fourth-order valence-corrected chi connectivity index (χ4v) is 4.69. The fraction of sp³-hybridized carbons (Fsp3) is 0.478. The molecule has 2 aromatic rings. The highest BCUT2D eigenvalue weighted by Gasteiger charge is 2.40. The molecular formula is C23H29N3O5Si. The molecule has 9 heteroatoms. The summed E-state index contributed by atoms with van der Waals surface area (Å²) in [6.45, 7) is 11.5. The minimum Gasteiger partial charge on any atom is -0.438 e. The molecule has 1 unspecified atom stereocenters. The number of nitrogens with one attached hydrogen (secondary N) is 1. The quantitative estimate of drug-likeness (QED) is 0.546.